The smallest absolute Gasteiger partial charge is 0.0472 e. The summed E-state index contributed by atoms with van der Waals surface area (Å²) in [7, 11) is 0. The van der Waals surface area contributed by atoms with Crippen LogP contribution in [0.2, 0.25) is 0 Å². The van der Waals surface area contributed by atoms with E-state index in [0.29, 0.717) is 5.71 Å². The summed E-state index contributed by atoms with van der Waals surface area (Å²) in [6.45, 7) is 3.57. The molecular formula is C6H10N2. The van der Waals surface area contributed by atoms with Gasteiger partial charge in [0.05, 0.1) is 0 Å². The summed E-state index contributed by atoms with van der Waals surface area (Å²) >= 11 is 0. The van der Waals surface area contributed by atoms with Gasteiger partial charge >= 0.3 is 0 Å². The molecule has 0 heterocycles. The van der Waals surface area contributed by atoms with Crippen molar-refractivity contribution in [3.05, 3.63) is 12.3 Å². The van der Waals surface area contributed by atoms with Crippen molar-refractivity contribution in [1.29, 1.82) is 5.41 Å². The number of allylic oxidation sites excluding steroid dienone is 1. The third kappa shape index (κ3) is 5.08. The monoisotopic (exact) mass is 110 g/mol. The van der Waals surface area contributed by atoms with Crippen molar-refractivity contribution in [2.45, 2.75) is 13.8 Å². The second-order valence-corrected chi connectivity index (χ2v) is 1.44. The standard InChI is InChI=1S/C6H10N2/c1-3-4-8-5-6(2)7/h3-5,7H,1-2H3. The topological polar surface area (TPSA) is 36.2 Å². The minimum Gasteiger partial charge on any atom is -0.304 e. The third-order valence-corrected chi connectivity index (χ3v) is 0.503. The number of nitrogens with one attached hydrogen (secondary N) is 1. The van der Waals surface area contributed by atoms with Gasteiger partial charge in [-0.25, -0.2) is 0 Å². The third-order valence-electron chi connectivity index (χ3n) is 0.503. The Balaban J connectivity index is 3.50. The summed E-state index contributed by atoms with van der Waals surface area (Å²) in [6, 6.07) is 0. The molecule has 0 aromatic rings. The van der Waals surface area contributed by atoms with Gasteiger partial charge in [-0.3, -0.25) is 4.99 Å². The summed E-state index contributed by atoms with van der Waals surface area (Å²) in [5.41, 5.74) is 0.475. The first kappa shape index (κ1) is 7.08. The first-order chi connectivity index (χ1) is 3.77. The lowest BCUT2D eigenvalue weighted by Gasteiger charge is -1.76. The Morgan fingerprint density at radius 1 is 1.62 bits per heavy atom. The molecule has 0 aliphatic rings. The van der Waals surface area contributed by atoms with Crippen LogP contribution >= 0.6 is 0 Å². The van der Waals surface area contributed by atoms with Crippen molar-refractivity contribution in [2.24, 2.45) is 4.99 Å². The largest absolute Gasteiger partial charge is 0.304 e. The van der Waals surface area contributed by atoms with E-state index in [-0.39, 0.29) is 0 Å². The van der Waals surface area contributed by atoms with E-state index in [2.05, 4.69) is 4.99 Å². The van der Waals surface area contributed by atoms with Crippen LogP contribution in [0.5, 0.6) is 0 Å². The summed E-state index contributed by atoms with van der Waals surface area (Å²) in [5.74, 6) is 0. The van der Waals surface area contributed by atoms with Gasteiger partial charge in [0, 0.05) is 18.1 Å². The lowest BCUT2D eigenvalue weighted by molar-refractivity contribution is 1.50. The van der Waals surface area contributed by atoms with Gasteiger partial charge in [-0.2, -0.15) is 0 Å². The average Bonchev–Trinajstić information content (AvgIpc) is 1.66. The molecule has 0 atom stereocenters. The number of hydrogen-bond acceptors (Lipinski definition) is 2. The van der Waals surface area contributed by atoms with Crippen LogP contribution in [-0.2, 0) is 0 Å². The highest BCUT2D eigenvalue weighted by molar-refractivity contribution is 6.27. The molecule has 0 saturated heterocycles. The van der Waals surface area contributed by atoms with E-state index < -0.39 is 0 Å². The fraction of sp³-hybridized carbons (Fsp3) is 0.333. The van der Waals surface area contributed by atoms with Crippen molar-refractivity contribution in [1.82, 2.24) is 0 Å². The molecule has 8 heavy (non-hydrogen) atoms. The highest BCUT2D eigenvalue weighted by Gasteiger charge is 1.70. The second-order valence-electron chi connectivity index (χ2n) is 1.44. The fourth-order valence-electron chi connectivity index (χ4n) is 0.241. The normalized spacial score (nSPS) is 11.2. The maximum absolute atomic E-state index is 6.89. The second kappa shape index (κ2) is 4.24. The van der Waals surface area contributed by atoms with E-state index in [1.165, 1.54) is 6.21 Å². The first-order valence-corrected chi connectivity index (χ1v) is 2.47. The Kier molecular flexibility index (Phi) is 3.76. The number of hydrogen-bond donors (Lipinski definition) is 1. The van der Waals surface area contributed by atoms with Crippen molar-refractivity contribution < 1.29 is 0 Å². The number of aliphatic imine (C=N–C) groups is 1. The molecule has 0 aromatic heterocycles. The van der Waals surface area contributed by atoms with Gasteiger partial charge in [-0.05, 0) is 13.8 Å². The average molecular weight is 110 g/mol. The molecule has 0 radical (unpaired) electrons. The van der Waals surface area contributed by atoms with Gasteiger partial charge < -0.3 is 5.41 Å². The van der Waals surface area contributed by atoms with Gasteiger partial charge in [0.1, 0.15) is 0 Å². The van der Waals surface area contributed by atoms with Crippen LogP contribution in [-0.4, -0.2) is 11.9 Å². The van der Waals surface area contributed by atoms with Crippen molar-refractivity contribution in [3.63, 3.8) is 0 Å². The van der Waals surface area contributed by atoms with Crippen LogP contribution in [0.1, 0.15) is 13.8 Å². The Hall–Kier alpha value is -0.920. The molecule has 0 rings (SSSR count). The van der Waals surface area contributed by atoms with Crippen molar-refractivity contribution >= 4 is 11.9 Å². The van der Waals surface area contributed by atoms with E-state index >= 15 is 0 Å². The molecule has 2 heteroatoms. The highest BCUT2D eigenvalue weighted by Crippen LogP contribution is 1.70. The van der Waals surface area contributed by atoms with E-state index in [0.717, 1.165) is 0 Å². The Morgan fingerprint density at radius 3 is 2.62 bits per heavy atom. The lowest BCUT2D eigenvalue weighted by atomic mass is 10.5. The molecule has 2 nitrogen and oxygen atoms in total. The van der Waals surface area contributed by atoms with Crippen molar-refractivity contribution in [2.75, 3.05) is 0 Å². The summed E-state index contributed by atoms with van der Waals surface area (Å²) in [5, 5.41) is 6.89. The van der Waals surface area contributed by atoms with Crippen LogP contribution in [0.4, 0.5) is 0 Å². The van der Waals surface area contributed by atoms with E-state index in [9.17, 15) is 0 Å². The highest BCUT2D eigenvalue weighted by atomic mass is 14.7. The van der Waals surface area contributed by atoms with Gasteiger partial charge in [-0.15, -0.1) is 0 Å². The Labute approximate surface area is 49.5 Å². The molecule has 0 aliphatic carbocycles. The van der Waals surface area contributed by atoms with Gasteiger partial charge in [0.2, 0.25) is 0 Å². The molecule has 0 saturated carbocycles. The van der Waals surface area contributed by atoms with E-state index in [1.54, 1.807) is 13.1 Å². The molecule has 0 fully saturated rings. The molecule has 1 N–H and O–H groups in total. The quantitative estimate of drug-likeness (QED) is 0.524. The Bertz CT molecular complexity index is 122. The summed E-state index contributed by atoms with van der Waals surface area (Å²) in [6.07, 6.45) is 4.97. The predicted octanol–water partition coefficient (Wildman–Crippen LogP) is 1.63. The number of nitrogens with zero attached hydrogens (tertiary/aromatic N) is 1. The zero-order valence-electron chi connectivity index (χ0n) is 5.18. The fourth-order valence-corrected chi connectivity index (χ4v) is 0.241. The minimum absolute atomic E-state index is 0.475. The molecule has 44 valence electrons. The Morgan fingerprint density at radius 2 is 2.25 bits per heavy atom. The van der Waals surface area contributed by atoms with Gasteiger partial charge in [0.25, 0.3) is 0 Å². The van der Waals surface area contributed by atoms with Crippen LogP contribution in [0, 0.1) is 5.41 Å². The van der Waals surface area contributed by atoms with Crippen LogP contribution < -0.4 is 0 Å². The van der Waals surface area contributed by atoms with E-state index in [4.69, 9.17) is 5.41 Å². The maximum Gasteiger partial charge on any atom is 0.0472 e. The van der Waals surface area contributed by atoms with Gasteiger partial charge in [-0.1, -0.05) is 6.08 Å². The molecular weight excluding hydrogens is 100 g/mol. The molecule has 0 amide bonds. The summed E-state index contributed by atoms with van der Waals surface area (Å²) < 4.78 is 0. The molecule has 0 spiro atoms. The van der Waals surface area contributed by atoms with E-state index in [1.807, 2.05) is 13.0 Å². The lowest BCUT2D eigenvalue weighted by Crippen LogP contribution is -1.85. The first-order valence-electron chi connectivity index (χ1n) is 2.47. The molecule has 0 bridgehead atoms. The van der Waals surface area contributed by atoms with Crippen LogP contribution in [0.25, 0.3) is 0 Å². The zero-order chi connectivity index (χ0) is 6.41. The predicted molar refractivity (Wildman–Crippen MR) is 36.7 cm³/mol. The van der Waals surface area contributed by atoms with Crippen molar-refractivity contribution in [3.8, 4) is 0 Å². The molecule has 0 aromatic carbocycles. The molecule has 0 aliphatic heterocycles. The zero-order valence-corrected chi connectivity index (χ0v) is 5.18. The summed E-state index contributed by atoms with van der Waals surface area (Å²) in [4.78, 5) is 3.76. The van der Waals surface area contributed by atoms with Gasteiger partial charge in [0.15, 0.2) is 0 Å². The molecule has 0 unspecified atom stereocenters. The van der Waals surface area contributed by atoms with Crippen LogP contribution in [0.3, 0.4) is 0 Å². The maximum atomic E-state index is 6.89. The van der Waals surface area contributed by atoms with Crippen LogP contribution in [0.15, 0.2) is 17.3 Å². The number of rotatable bonds is 2. The minimum atomic E-state index is 0.475. The SMILES string of the molecule is CC=CN=CC(C)=N.